The molecule has 8 nitrogen and oxygen atoms in total. The van der Waals surface area contributed by atoms with Crippen LogP contribution in [0.4, 0.5) is 10.5 Å². The van der Waals surface area contributed by atoms with Crippen LogP contribution < -0.4 is 19.5 Å². The Morgan fingerprint density at radius 1 is 1.19 bits per heavy atom. The molecule has 150 valence electrons. The summed E-state index contributed by atoms with van der Waals surface area (Å²) < 4.78 is 37.9. The number of carbonyl (C=O) groups excluding carboxylic acids is 1. The first-order chi connectivity index (χ1) is 12.8. The van der Waals surface area contributed by atoms with Gasteiger partial charge in [-0.05, 0) is 45.7 Å². The minimum Gasteiger partial charge on any atom is -0.486 e. The van der Waals surface area contributed by atoms with Gasteiger partial charge in [-0.25, -0.2) is 17.9 Å². The van der Waals surface area contributed by atoms with Crippen LogP contribution in [0.2, 0.25) is 0 Å². The fourth-order valence-corrected chi connectivity index (χ4v) is 4.13. The average Bonchev–Trinajstić information content (AvgIpc) is 2.64. The highest BCUT2D eigenvalue weighted by atomic mass is 32.2. The van der Waals surface area contributed by atoms with Crippen LogP contribution in [0.3, 0.4) is 0 Å². The molecule has 2 aliphatic rings. The molecule has 2 heterocycles. The molecule has 1 saturated heterocycles. The van der Waals surface area contributed by atoms with Gasteiger partial charge in [0.15, 0.2) is 11.5 Å². The van der Waals surface area contributed by atoms with Gasteiger partial charge in [0, 0.05) is 30.4 Å². The lowest BCUT2D eigenvalue weighted by Crippen LogP contribution is -2.48. The summed E-state index contributed by atoms with van der Waals surface area (Å²) in [7, 11) is -3.29. The van der Waals surface area contributed by atoms with E-state index in [4.69, 9.17) is 9.47 Å². The van der Waals surface area contributed by atoms with Crippen LogP contribution >= 0.6 is 0 Å². The Bertz CT molecular complexity index is 801. The van der Waals surface area contributed by atoms with Crippen LogP contribution in [0, 0.1) is 6.92 Å². The summed E-state index contributed by atoms with van der Waals surface area (Å²) in [6.45, 7) is 7.21. The molecule has 9 heteroatoms. The molecule has 0 spiro atoms. The van der Waals surface area contributed by atoms with Crippen molar-refractivity contribution in [3.8, 4) is 11.5 Å². The van der Waals surface area contributed by atoms with Crippen LogP contribution in [0.1, 0.15) is 32.3 Å². The van der Waals surface area contributed by atoms with E-state index in [-0.39, 0.29) is 12.1 Å². The first kappa shape index (κ1) is 19.8. The van der Waals surface area contributed by atoms with Crippen molar-refractivity contribution in [2.24, 2.45) is 0 Å². The van der Waals surface area contributed by atoms with Gasteiger partial charge in [-0.1, -0.05) is 0 Å². The summed E-state index contributed by atoms with van der Waals surface area (Å²) in [6, 6.07) is 3.28. The van der Waals surface area contributed by atoms with Crippen molar-refractivity contribution in [1.82, 2.24) is 9.62 Å². The standard InChI is InChI=1S/C18H27N3O5S/c1-12(2)27(23,24)20-14-6-8-21(9-7-14)18(22)19-15-4-5-16-17(13(15)3)26-11-10-25-16/h4-5,12,14,20H,6-11H2,1-3H3,(H,19,22). The maximum Gasteiger partial charge on any atom is 0.321 e. The number of sulfonamides is 1. The van der Waals surface area contributed by atoms with Crippen molar-refractivity contribution in [2.75, 3.05) is 31.6 Å². The molecule has 2 aliphatic heterocycles. The molecule has 0 aromatic heterocycles. The number of nitrogens with one attached hydrogen (secondary N) is 2. The van der Waals surface area contributed by atoms with E-state index >= 15 is 0 Å². The van der Waals surface area contributed by atoms with Gasteiger partial charge >= 0.3 is 6.03 Å². The highest BCUT2D eigenvalue weighted by Gasteiger charge is 2.27. The Kier molecular flexibility index (Phi) is 5.81. The summed E-state index contributed by atoms with van der Waals surface area (Å²) in [6.07, 6.45) is 1.19. The second-order valence-corrected chi connectivity index (χ2v) is 9.43. The number of rotatable bonds is 4. The van der Waals surface area contributed by atoms with Crippen LogP contribution in [-0.2, 0) is 10.0 Å². The van der Waals surface area contributed by atoms with Crippen LogP contribution in [0.25, 0.3) is 0 Å². The number of amides is 2. The highest BCUT2D eigenvalue weighted by Crippen LogP contribution is 2.37. The third kappa shape index (κ3) is 4.47. The fourth-order valence-electron chi connectivity index (χ4n) is 3.15. The lowest BCUT2D eigenvalue weighted by atomic mass is 10.1. The molecule has 1 aromatic carbocycles. The van der Waals surface area contributed by atoms with Gasteiger partial charge in [0.1, 0.15) is 13.2 Å². The van der Waals surface area contributed by atoms with Gasteiger partial charge in [-0.3, -0.25) is 0 Å². The fraction of sp³-hybridized carbons (Fsp3) is 0.611. The normalized spacial score (nSPS) is 17.9. The smallest absolute Gasteiger partial charge is 0.321 e. The number of urea groups is 1. The Balaban J connectivity index is 1.57. The SMILES string of the molecule is Cc1c(NC(=O)N2CCC(NS(=O)(=O)C(C)C)CC2)ccc2c1OCCO2. The van der Waals surface area contributed by atoms with Crippen molar-refractivity contribution in [1.29, 1.82) is 0 Å². The molecule has 0 radical (unpaired) electrons. The van der Waals surface area contributed by atoms with Gasteiger partial charge in [-0.2, -0.15) is 0 Å². The van der Waals surface area contributed by atoms with Crippen LogP contribution in [-0.4, -0.2) is 56.9 Å². The van der Waals surface area contributed by atoms with E-state index in [0.29, 0.717) is 56.3 Å². The minimum atomic E-state index is -3.29. The quantitative estimate of drug-likeness (QED) is 0.811. The van der Waals surface area contributed by atoms with E-state index in [0.717, 1.165) is 5.56 Å². The number of anilines is 1. The lowest BCUT2D eigenvalue weighted by Gasteiger charge is -2.33. The number of likely N-dealkylation sites (tertiary alicyclic amines) is 1. The molecule has 1 fully saturated rings. The maximum absolute atomic E-state index is 12.6. The van der Waals surface area contributed by atoms with E-state index in [1.807, 2.05) is 13.0 Å². The molecule has 1 aromatic rings. The number of ether oxygens (including phenoxy) is 2. The van der Waals surface area contributed by atoms with E-state index in [9.17, 15) is 13.2 Å². The van der Waals surface area contributed by atoms with Gasteiger partial charge in [0.05, 0.1) is 5.25 Å². The molecule has 2 amide bonds. The molecule has 0 unspecified atom stereocenters. The maximum atomic E-state index is 12.6. The number of piperidine rings is 1. The number of nitrogens with zero attached hydrogens (tertiary/aromatic N) is 1. The Labute approximate surface area is 160 Å². The first-order valence-corrected chi connectivity index (χ1v) is 10.8. The van der Waals surface area contributed by atoms with E-state index in [1.54, 1.807) is 24.8 Å². The number of carbonyl (C=O) groups is 1. The van der Waals surface area contributed by atoms with Crippen LogP contribution in [0.5, 0.6) is 11.5 Å². The van der Waals surface area contributed by atoms with Gasteiger partial charge in [-0.15, -0.1) is 0 Å². The van der Waals surface area contributed by atoms with Crippen LogP contribution in [0.15, 0.2) is 12.1 Å². The van der Waals surface area contributed by atoms with Crippen molar-refractivity contribution in [3.63, 3.8) is 0 Å². The zero-order valence-electron chi connectivity index (χ0n) is 15.9. The Morgan fingerprint density at radius 2 is 1.85 bits per heavy atom. The Morgan fingerprint density at radius 3 is 2.52 bits per heavy atom. The van der Waals surface area contributed by atoms with Gasteiger partial charge < -0.3 is 19.7 Å². The molecule has 0 atom stereocenters. The van der Waals surface area contributed by atoms with Crippen molar-refractivity contribution in [3.05, 3.63) is 17.7 Å². The molecule has 27 heavy (non-hydrogen) atoms. The van der Waals surface area contributed by atoms with Gasteiger partial charge in [0.2, 0.25) is 10.0 Å². The lowest BCUT2D eigenvalue weighted by molar-refractivity contribution is 0.170. The summed E-state index contributed by atoms with van der Waals surface area (Å²) in [5.41, 5.74) is 1.52. The van der Waals surface area contributed by atoms with Crippen molar-refractivity contribution in [2.45, 2.75) is 44.9 Å². The summed E-state index contributed by atoms with van der Waals surface area (Å²) >= 11 is 0. The summed E-state index contributed by atoms with van der Waals surface area (Å²) in [4.78, 5) is 14.3. The van der Waals surface area contributed by atoms with E-state index in [2.05, 4.69) is 10.0 Å². The largest absolute Gasteiger partial charge is 0.486 e. The second-order valence-electron chi connectivity index (χ2n) is 7.17. The number of hydrogen-bond acceptors (Lipinski definition) is 5. The zero-order chi connectivity index (χ0) is 19.6. The summed E-state index contributed by atoms with van der Waals surface area (Å²) in [5, 5.41) is 2.46. The molecule has 0 aliphatic carbocycles. The number of benzene rings is 1. The number of hydrogen-bond donors (Lipinski definition) is 2. The molecular weight excluding hydrogens is 370 g/mol. The molecule has 3 rings (SSSR count). The predicted molar refractivity (Wildman–Crippen MR) is 103 cm³/mol. The van der Waals surface area contributed by atoms with Gasteiger partial charge in [0.25, 0.3) is 0 Å². The third-order valence-corrected chi connectivity index (χ3v) is 6.84. The predicted octanol–water partition coefficient (Wildman–Crippen LogP) is 2.09. The second kappa shape index (κ2) is 7.93. The summed E-state index contributed by atoms with van der Waals surface area (Å²) in [5.74, 6) is 1.36. The van der Waals surface area contributed by atoms with Crippen molar-refractivity contribution < 1.29 is 22.7 Å². The minimum absolute atomic E-state index is 0.127. The first-order valence-electron chi connectivity index (χ1n) is 9.24. The van der Waals surface area contributed by atoms with Crippen molar-refractivity contribution >= 4 is 21.7 Å². The average molecular weight is 397 g/mol. The van der Waals surface area contributed by atoms with E-state index < -0.39 is 15.3 Å². The highest BCUT2D eigenvalue weighted by molar-refractivity contribution is 7.90. The molecule has 0 bridgehead atoms. The monoisotopic (exact) mass is 397 g/mol. The molecule has 2 N–H and O–H groups in total. The Hall–Kier alpha value is -2.00. The number of fused-ring (bicyclic) bond motifs is 1. The zero-order valence-corrected chi connectivity index (χ0v) is 16.8. The van der Waals surface area contributed by atoms with E-state index in [1.165, 1.54) is 0 Å². The molecule has 0 saturated carbocycles. The third-order valence-electron chi connectivity index (χ3n) is 4.93. The topological polar surface area (TPSA) is 97.0 Å². The molecular formula is C18H27N3O5S.